The third-order valence-corrected chi connectivity index (χ3v) is 2.12. The van der Waals surface area contributed by atoms with E-state index in [0.29, 0.717) is 12.0 Å². The minimum absolute atomic E-state index is 0.375. The van der Waals surface area contributed by atoms with Gasteiger partial charge in [0.05, 0.1) is 0 Å². The zero-order chi connectivity index (χ0) is 9.40. The summed E-state index contributed by atoms with van der Waals surface area (Å²) in [6.45, 7) is 6.24. The molecular formula is C11H21N. The van der Waals surface area contributed by atoms with Crippen LogP contribution in [0.3, 0.4) is 0 Å². The lowest BCUT2D eigenvalue weighted by Gasteiger charge is -2.14. The Kier molecular flexibility index (Phi) is 6.90. The van der Waals surface area contributed by atoms with E-state index >= 15 is 0 Å². The fourth-order valence-electron chi connectivity index (χ4n) is 1.05. The molecule has 0 aliphatic carbocycles. The van der Waals surface area contributed by atoms with Crippen LogP contribution >= 0.6 is 0 Å². The second-order valence-electron chi connectivity index (χ2n) is 3.58. The molecule has 1 nitrogen and oxygen atoms in total. The molecule has 2 N–H and O–H groups in total. The molecule has 0 heterocycles. The zero-order valence-corrected chi connectivity index (χ0v) is 8.56. The molecule has 0 saturated carbocycles. The molecule has 0 rings (SSSR count). The lowest BCUT2D eigenvalue weighted by Crippen LogP contribution is -2.25. The Morgan fingerprint density at radius 2 is 1.92 bits per heavy atom. The molecule has 1 heteroatoms. The fraction of sp³-hybridized carbons (Fsp3) is 0.818. The lowest BCUT2D eigenvalue weighted by atomic mass is 9.99. The first kappa shape index (κ1) is 11.5. The summed E-state index contributed by atoms with van der Waals surface area (Å²) >= 11 is 0. The molecule has 0 radical (unpaired) electrons. The van der Waals surface area contributed by atoms with E-state index < -0.39 is 0 Å². The molecule has 0 bridgehead atoms. The van der Waals surface area contributed by atoms with Crippen LogP contribution in [-0.4, -0.2) is 6.04 Å². The van der Waals surface area contributed by atoms with Gasteiger partial charge in [0.1, 0.15) is 0 Å². The molecular weight excluding hydrogens is 146 g/mol. The van der Waals surface area contributed by atoms with Crippen LogP contribution in [-0.2, 0) is 0 Å². The Hall–Kier alpha value is -0.480. The fourth-order valence-corrected chi connectivity index (χ4v) is 1.05. The van der Waals surface area contributed by atoms with Crippen LogP contribution in [0.5, 0.6) is 0 Å². The Labute approximate surface area is 76.7 Å². The molecule has 1 atom stereocenters. The van der Waals surface area contributed by atoms with Gasteiger partial charge in [-0.05, 0) is 25.7 Å². The van der Waals surface area contributed by atoms with E-state index in [0.717, 1.165) is 12.8 Å². The lowest BCUT2D eigenvalue weighted by molar-refractivity contribution is 0.447. The van der Waals surface area contributed by atoms with Gasteiger partial charge in [-0.2, -0.15) is 0 Å². The number of hydrogen-bond acceptors (Lipinski definition) is 1. The molecule has 0 saturated heterocycles. The van der Waals surface area contributed by atoms with Gasteiger partial charge in [-0.1, -0.05) is 20.3 Å². The van der Waals surface area contributed by atoms with Crippen molar-refractivity contribution in [3.05, 3.63) is 0 Å². The maximum Gasteiger partial charge on any atom is 0.00885 e. The Morgan fingerprint density at radius 1 is 1.25 bits per heavy atom. The molecule has 1 unspecified atom stereocenters. The highest BCUT2D eigenvalue weighted by molar-refractivity contribution is 4.94. The van der Waals surface area contributed by atoms with Crippen molar-refractivity contribution < 1.29 is 0 Å². The van der Waals surface area contributed by atoms with Crippen LogP contribution in [0.15, 0.2) is 0 Å². The highest BCUT2D eigenvalue weighted by atomic mass is 14.6. The van der Waals surface area contributed by atoms with Crippen LogP contribution in [0, 0.1) is 17.8 Å². The molecule has 0 aromatic heterocycles. The van der Waals surface area contributed by atoms with Gasteiger partial charge in [0.2, 0.25) is 0 Å². The van der Waals surface area contributed by atoms with E-state index in [9.17, 15) is 0 Å². The quantitative estimate of drug-likeness (QED) is 0.494. The van der Waals surface area contributed by atoms with Crippen molar-refractivity contribution in [2.45, 2.75) is 52.5 Å². The van der Waals surface area contributed by atoms with E-state index in [4.69, 9.17) is 5.73 Å². The smallest absolute Gasteiger partial charge is 0.00885 e. The van der Waals surface area contributed by atoms with Gasteiger partial charge in [0.25, 0.3) is 0 Å². The first-order valence-electron chi connectivity index (χ1n) is 4.83. The SMILES string of the molecule is CC#CCCCCC(N)C(C)C. The standard InChI is InChI=1S/C11H21N/c1-4-5-6-7-8-9-11(12)10(2)3/h10-11H,6-9,12H2,1-3H3. The topological polar surface area (TPSA) is 26.0 Å². The molecule has 0 fully saturated rings. The van der Waals surface area contributed by atoms with Crippen molar-refractivity contribution in [2.24, 2.45) is 11.7 Å². The van der Waals surface area contributed by atoms with E-state index in [2.05, 4.69) is 25.7 Å². The number of nitrogens with two attached hydrogens (primary N) is 1. The molecule has 12 heavy (non-hydrogen) atoms. The molecule has 0 aliphatic heterocycles. The summed E-state index contributed by atoms with van der Waals surface area (Å²) in [5.41, 5.74) is 5.90. The predicted molar refractivity (Wildman–Crippen MR) is 54.7 cm³/mol. The molecule has 0 aromatic carbocycles. The van der Waals surface area contributed by atoms with Crippen molar-refractivity contribution in [1.29, 1.82) is 0 Å². The predicted octanol–water partition coefficient (Wildman–Crippen LogP) is 2.55. The second kappa shape index (κ2) is 7.18. The monoisotopic (exact) mass is 167 g/mol. The van der Waals surface area contributed by atoms with Crippen LogP contribution in [0.2, 0.25) is 0 Å². The summed E-state index contributed by atoms with van der Waals surface area (Å²) in [6.07, 6.45) is 4.58. The van der Waals surface area contributed by atoms with Gasteiger partial charge < -0.3 is 5.73 Å². The summed E-state index contributed by atoms with van der Waals surface area (Å²) in [4.78, 5) is 0. The Balaban J connectivity index is 3.23. The van der Waals surface area contributed by atoms with E-state index in [-0.39, 0.29) is 0 Å². The second-order valence-corrected chi connectivity index (χ2v) is 3.58. The maximum atomic E-state index is 5.90. The van der Waals surface area contributed by atoms with Gasteiger partial charge in [0, 0.05) is 12.5 Å². The van der Waals surface area contributed by atoms with Gasteiger partial charge in [-0.25, -0.2) is 0 Å². The van der Waals surface area contributed by atoms with Crippen LogP contribution in [0.25, 0.3) is 0 Å². The largest absolute Gasteiger partial charge is 0.327 e. The molecule has 0 aromatic rings. The van der Waals surface area contributed by atoms with E-state index in [1.165, 1.54) is 12.8 Å². The highest BCUT2D eigenvalue weighted by Gasteiger charge is 2.05. The molecule has 70 valence electrons. The summed E-state index contributed by atoms with van der Waals surface area (Å²) in [6, 6.07) is 0.375. The van der Waals surface area contributed by atoms with Crippen molar-refractivity contribution in [3.8, 4) is 11.8 Å². The summed E-state index contributed by atoms with van der Waals surface area (Å²) in [7, 11) is 0. The summed E-state index contributed by atoms with van der Waals surface area (Å²) < 4.78 is 0. The Morgan fingerprint density at radius 3 is 2.42 bits per heavy atom. The third kappa shape index (κ3) is 6.24. The molecule has 0 amide bonds. The first-order valence-corrected chi connectivity index (χ1v) is 4.83. The zero-order valence-electron chi connectivity index (χ0n) is 8.56. The normalized spacial score (nSPS) is 12.4. The van der Waals surface area contributed by atoms with Crippen molar-refractivity contribution in [2.75, 3.05) is 0 Å². The number of rotatable bonds is 5. The average Bonchev–Trinajstić information content (AvgIpc) is 2.03. The van der Waals surface area contributed by atoms with E-state index in [1.807, 2.05) is 6.92 Å². The third-order valence-electron chi connectivity index (χ3n) is 2.12. The van der Waals surface area contributed by atoms with Crippen molar-refractivity contribution in [1.82, 2.24) is 0 Å². The minimum Gasteiger partial charge on any atom is -0.327 e. The van der Waals surface area contributed by atoms with Crippen molar-refractivity contribution in [3.63, 3.8) is 0 Å². The maximum absolute atomic E-state index is 5.90. The van der Waals surface area contributed by atoms with Crippen LogP contribution in [0.4, 0.5) is 0 Å². The highest BCUT2D eigenvalue weighted by Crippen LogP contribution is 2.08. The molecule has 0 aliphatic rings. The Bertz CT molecular complexity index is 150. The number of unbranched alkanes of at least 4 members (excludes halogenated alkanes) is 2. The minimum atomic E-state index is 0.375. The van der Waals surface area contributed by atoms with Gasteiger partial charge >= 0.3 is 0 Å². The average molecular weight is 167 g/mol. The van der Waals surface area contributed by atoms with Crippen LogP contribution < -0.4 is 5.73 Å². The van der Waals surface area contributed by atoms with Crippen LogP contribution in [0.1, 0.15) is 46.5 Å². The van der Waals surface area contributed by atoms with E-state index in [1.54, 1.807) is 0 Å². The van der Waals surface area contributed by atoms with Gasteiger partial charge in [0.15, 0.2) is 0 Å². The summed E-state index contributed by atoms with van der Waals surface area (Å²) in [5.74, 6) is 6.57. The van der Waals surface area contributed by atoms with Crippen molar-refractivity contribution >= 4 is 0 Å². The van der Waals surface area contributed by atoms with Gasteiger partial charge in [-0.15, -0.1) is 11.8 Å². The summed E-state index contributed by atoms with van der Waals surface area (Å²) in [5, 5.41) is 0. The number of hydrogen-bond donors (Lipinski definition) is 1. The first-order chi connectivity index (χ1) is 5.68. The van der Waals surface area contributed by atoms with Gasteiger partial charge in [-0.3, -0.25) is 0 Å². The molecule has 0 spiro atoms.